The molecule has 0 fully saturated rings. The molecule has 0 unspecified atom stereocenters. The fourth-order valence-corrected chi connectivity index (χ4v) is 0.941. The predicted octanol–water partition coefficient (Wildman–Crippen LogP) is 0.754. The molecule has 1 heterocycles. The smallest absolute Gasteiger partial charge is 0.179 e. The maximum absolute atomic E-state index is 4.21. The summed E-state index contributed by atoms with van der Waals surface area (Å²) in [5, 5.41) is 0. The first-order chi connectivity index (χ1) is 4.86. The molecule has 0 saturated carbocycles. The lowest BCUT2D eigenvalue weighted by atomic mass is 9.77. The van der Waals surface area contributed by atoms with Crippen LogP contribution < -0.4 is 5.59 Å². The van der Waals surface area contributed by atoms with Crippen molar-refractivity contribution in [3.8, 4) is 0 Å². The molecule has 10 heavy (non-hydrogen) atoms. The van der Waals surface area contributed by atoms with Crippen molar-refractivity contribution in [2.75, 3.05) is 0 Å². The third-order valence-corrected chi connectivity index (χ3v) is 1.65. The average molecular weight is 133 g/mol. The Kier molecular flexibility index (Phi) is 2.49. The Bertz CT molecular complexity index is 191. The molecule has 1 rings (SSSR count). The molecule has 0 bridgehead atoms. The van der Waals surface area contributed by atoms with Crippen LogP contribution in [-0.4, -0.2) is 12.3 Å². The highest BCUT2D eigenvalue weighted by atomic mass is 14.6. The van der Waals surface area contributed by atoms with Gasteiger partial charge in [0, 0.05) is 6.20 Å². The summed E-state index contributed by atoms with van der Waals surface area (Å²) in [5.74, 6) is 0. The summed E-state index contributed by atoms with van der Waals surface area (Å²) in [5.41, 5.74) is 2.58. The Hall–Kier alpha value is -0.785. The van der Waals surface area contributed by atoms with Gasteiger partial charge in [-0.1, -0.05) is 13.7 Å². The van der Waals surface area contributed by atoms with Crippen LogP contribution >= 0.6 is 0 Å². The molecule has 0 atom stereocenters. The maximum Gasteiger partial charge on any atom is 0.179 e. The van der Waals surface area contributed by atoms with Crippen molar-refractivity contribution in [1.82, 2.24) is 4.98 Å². The third kappa shape index (κ3) is 1.60. The van der Waals surface area contributed by atoms with Crippen LogP contribution in [0.3, 0.4) is 0 Å². The van der Waals surface area contributed by atoms with Gasteiger partial charge < -0.3 is 0 Å². The van der Waals surface area contributed by atoms with Crippen molar-refractivity contribution in [3.63, 3.8) is 0 Å². The number of pyridine rings is 1. The van der Waals surface area contributed by atoms with Gasteiger partial charge in [0.05, 0.1) is 0 Å². The van der Waals surface area contributed by atoms with Gasteiger partial charge in [0.2, 0.25) is 0 Å². The van der Waals surface area contributed by atoms with E-state index in [9.17, 15) is 0 Å². The van der Waals surface area contributed by atoms with E-state index >= 15 is 0 Å². The van der Waals surface area contributed by atoms with E-state index in [4.69, 9.17) is 0 Å². The quantitative estimate of drug-likeness (QED) is 0.542. The Labute approximate surface area is 62.7 Å². The first-order valence-electron chi connectivity index (χ1n) is 3.80. The highest BCUT2D eigenvalue weighted by Gasteiger charge is 1.92. The molecule has 0 aromatic carbocycles. The van der Waals surface area contributed by atoms with Crippen molar-refractivity contribution >= 4 is 12.9 Å². The summed E-state index contributed by atoms with van der Waals surface area (Å²) in [4.78, 5) is 4.21. The molecule has 0 spiro atoms. The normalized spacial score (nSPS) is 9.40. The van der Waals surface area contributed by atoms with Gasteiger partial charge in [-0.25, -0.2) is 0 Å². The standard InChI is InChI=1S/C8H12BN/c1-3-7-4-5-10-8(6-7)9-2/h4-6,9H,3H2,1-2H3. The minimum absolute atomic E-state index is 1.04. The van der Waals surface area contributed by atoms with E-state index in [0.29, 0.717) is 0 Å². The number of hydrogen-bond donors (Lipinski definition) is 0. The second-order valence-electron chi connectivity index (χ2n) is 2.36. The summed E-state index contributed by atoms with van der Waals surface area (Å²) in [6.07, 6.45) is 2.99. The summed E-state index contributed by atoms with van der Waals surface area (Å²) < 4.78 is 0. The van der Waals surface area contributed by atoms with Gasteiger partial charge >= 0.3 is 0 Å². The zero-order valence-corrected chi connectivity index (χ0v) is 6.59. The third-order valence-electron chi connectivity index (χ3n) is 1.65. The van der Waals surface area contributed by atoms with E-state index in [1.54, 1.807) is 0 Å². The van der Waals surface area contributed by atoms with E-state index in [2.05, 4.69) is 30.9 Å². The molecule has 0 saturated heterocycles. The topological polar surface area (TPSA) is 12.9 Å². The molecule has 0 aliphatic rings. The van der Waals surface area contributed by atoms with E-state index in [-0.39, 0.29) is 0 Å². The minimum Gasteiger partial charge on any atom is -0.272 e. The lowest BCUT2D eigenvalue weighted by Gasteiger charge is -1.97. The van der Waals surface area contributed by atoms with Crippen LogP contribution in [0.4, 0.5) is 0 Å². The van der Waals surface area contributed by atoms with E-state index in [1.165, 1.54) is 11.2 Å². The van der Waals surface area contributed by atoms with Gasteiger partial charge in [0.25, 0.3) is 0 Å². The molecule has 1 nitrogen and oxygen atoms in total. The molecule has 0 aliphatic carbocycles. The highest BCUT2D eigenvalue weighted by molar-refractivity contribution is 6.50. The summed E-state index contributed by atoms with van der Waals surface area (Å²) in [7, 11) is 1.04. The Morgan fingerprint density at radius 1 is 1.60 bits per heavy atom. The van der Waals surface area contributed by atoms with Crippen molar-refractivity contribution in [2.45, 2.75) is 20.2 Å². The minimum atomic E-state index is 1.04. The Morgan fingerprint density at radius 3 is 3.00 bits per heavy atom. The van der Waals surface area contributed by atoms with Crippen molar-refractivity contribution in [1.29, 1.82) is 0 Å². The summed E-state index contributed by atoms with van der Waals surface area (Å²) >= 11 is 0. The Balaban J connectivity index is 2.87. The van der Waals surface area contributed by atoms with Gasteiger partial charge in [-0.05, 0) is 29.7 Å². The van der Waals surface area contributed by atoms with Gasteiger partial charge in [-0.15, -0.1) is 0 Å². The molecule has 2 heteroatoms. The van der Waals surface area contributed by atoms with Crippen LogP contribution in [0.25, 0.3) is 0 Å². The first kappa shape index (κ1) is 7.32. The van der Waals surface area contributed by atoms with Crippen LogP contribution in [0.15, 0.2) is 18.3 Å². The van der Waals surface area contributed by atoms with Crippen LogP contribution in [0, 0.1) is 0 Å². The monoisotopic (exact) mass is 133 g/mol. The molecule has 0 radical (unpaired) electrons. The van der Waals surface area contributed by atoms with Gasteiger partial charge in [0.1, 0.15) is 0 Å². The van der Waals surface area contributed by atoms with Crippen LogP contribution in [0.5, 0.6) is 0 Å². The molecule has 0 N–H and O–H groups in total. The van der Waals surface area contributed by atoms with Crippen molar-refractivity contribution < 1.29 is 0 Å². The van der Waals surface area contributed by atoms with Crippen LogP contribution in [-0.2, 0) is 6.42 Å². The van der Waals surface area contributed by atoms with Gasteiger partial charge in [-0.2, -0.15) is 0 Å². The Morgan fingerprint density at radius 2 is 2.40 bits per heavy atom. The van der Waals surface area contributed by atoms with Gasteiger partial charge in [0.15, 0.2) is 7.28 Å². The number of nitrogens with zero attached hydrogens (tertiary/aromatic N) is 1. The number of rotatable bonds is 2. The van der Waals surface area contributed by atoms with Gasteiger partial charge in [-0.3, -0.25) is 4.98 Å². The zero-order chi connectivity index (χ0) is 7.40. The number of aromatic nitrogens is 1. The second-order valence-corrected chi connectivity index (χ2v) is 2.36. The molecule has 1 aromatic heterocycles. The van der Waals surface area contributed by atoms with E-state index < -0.39 is 0 Å². The van der Waals surface area contributed by atoms with E-state index in [0.717, 1.165) is 13.7 Å². The molecular formula is C8H12BN. The van der Waals surface area contributed by atoms with Crippen molar-refractivity contribution in [3.05, 3.63) is 23.9 Å². The maximum atomic E-state index is 4.21. The van der Waals surface area contributed by atoms with Crippen LogP contribution in [0.1, 0.15) is 12.5 Å². The molecule has 0 amide bonds. The lowest BCUT2D eigenvalue weighted by molar-refractivity contribution is 1.13. The average Bonchev–Trinajstić information content (AvgIpc) is 2.05. The number of aryl methyl sites for hydroxylation is 1. The first-order valence-corrected chi connectivity index (χ1v) is 3.80. The second kappa shape index (κ2) is 3.40. The number of hydrogen-bond acceptors (Lipinski definition) is 1. The molecule has 52 valence electrons. The largest absolute Gasteiger partial charge is 0.272 e. The zero-order valence-electron chi connectivity index (χ0n) is 6.59. The SMILES string of the molecule is CBc1cc(CC)ccn1. The predicted molar refractivity (Wildman–Crippen MR) is 46.3 cm³/mol. The lowest BCUT2D eigenvalue weighted by Crippen LogP contribution is -2.14. The van der Waals surface area contributed by atoms with Crippen LogP contribution in [0.2, 0.25) is 6.82 Å². The molecular weight excluding hydrogens is 121 g/mol. The molecule has 0 aliphatic heterocycles. The van der Waals surface area contributed by atoms with Crippen molar-refractivity contribution in [2.24, 2.45) is 0 Å². The fourth-order valence-electron chi connectivity index (χ4n) is 0.941. The van der Waals surface area contributed by atoms with E-state index in [1.807, 2.05) is 6.20 Å². The summed E-state index contributed by atoms with van der Waals surface area (Å²) in [6, 6.07) is 4.24. The fraction of sp³-hybridized carbons (Fsp3) is 0.375. The summed E-state index contributed by atoms with van der Waals surface area (Å²) in [6.45, 7) is 4.29. The molecule has 1 aromatic rings. The highest BCUT2D eigenvalue weighted by Crippen LogP contribution is 1.93.